The van der Waals surface area contributed by atoms with Crippen LogP contribution in [0.1, 0.15) is 18.4 Å². The first-order chi connectivity index (χ1) is 10.5. The third-order valence-corrected chi connectivity index (χ3v) is 4.16. The molecule has 1 heterocycles. The van der Waals surface area contributed by atoms with E-state index in [1.54, 1.807) is 11.0 Å². The molecule has 0 saturated carbocycles. The van der Waals surface area contributed by atoms with Crippen molar-refractivity contribution in [2.24, 2.45) is 0 Å². The van der Waals surface area contributed by atoms with Crippen LogP contribution in [0.15, 0.2) is 24.3 Å². The number of rotatable bonds is 6. The minimum Gasteiger partial charge on any atom is -0.353 e. The monoisotopic (exact) mass is 323 g/mol. The first-order valence-corrected chi connectivity index (χ1v) is 7.82. The number of hydrogen-bond acceptors (Lipinski definition) is 3. The number of hydrogen-bond donors (Lipinski definition) is 1. The van der Waals surface area contributed by atoms with E-state index in [1.807, 2.05) is 37.2 Å². The Morgan fingerprint density at radius 3 is 2.82 bits per heavy atom. The topological polar surface area (TPSA) is 52.7 Å². The van der Waals surface area contributed by atoms with E-state index in [-0.39, 0.29) is 11.8 Å². The molecule has 1 atom stereocenters. The van der Waals surface area contributed by atoms with Gasteiger partial charge in [0.1, 0.15) is 6.04 Å². The number of benzene rings is 1. The first-order valence-electron chi connectivity index (χ1n) is 7.44. The van der Waals surface area contributed by atoms with Gasteiger partial charge < -0.3 is 15.1 Å². The predicted molar refractivity (Wildman–Crippen MR) is 86.6 cm³/mol. The van der Waals surface area contributed by atoms with Crippen molar-refractivity contribution in [1.82, 2.24) is 15.1 Å². The fraction of sp³-hybridized carbons (Fsp3) is 0.500. The van der Waals surface area contributed by atoms with Crippen LogP contribution in [0.5, 0.6) is 0 Å². The normalized spacial score (nSPS) is 18.1. The van der Waals surface area contributed by atoms with Gasteiger partial charge in [-0.15, -0.1) is 0 Å². The largest absolute Gasteiger partial charge is 0.353 e. The van der Waals surface area contributed by atoms with E-state index in [2.05, 4.69) is 5.32 Å². The van der Waals surface area contributed by atoms with Gasteiger partial charge in [-0.05, 0) is 32.1 Å². The second kappa shape index (κ2) is 7.61. The highest BCUT2D eigenvalue weighted by molar-refractivity contribution is 6.31. The quantitative estimate of drug-likeness (QED) is 0.863. The van der Waals surface area contributed by atoms with Crippen LogP contribution in [0, 0.1) is 0 Å². The smallest absolute Gasteiger partial charge is 0.242 e. The first kappa shape index (κ1) is 16.8. The number of carbonyl (C=O) groups excluding carboxylic acids is 2. The summed E-state index contributed by atoms with van der Waals surface area (Å²) in [5.41, 5.74) is 0.866. The molecule has 5 nitrogen and oxygen atoms in total. The number of nitrogens with one attached hydrogen (secondary N) is 1. The zero-order valence-electron chi connectivity index (χ0n) is 13.0. The molecular formula is C16H22ClN3O2. The van der Waals surface area contributed by atoms with Crippen LogP contribution < -0.4 is 5.32 Å². The van der Waals surface area contributed by atoms with Crippen molar-refractivity contribution >= 4 is 23.4 Å². The molecule has 22 heavy (non-hydrogen) atoms. The van der Waals surface area contributed by atoms with Crippen molar-refractivity contribution in [3.8, 4) is 0 Å². The Balaban J connectivity index is 2.00. The van der Waals surface area contributed by atoms with E-state index in [1.165, 1.54) is 0 Å². The maximum absolute atomic E-state index is 12.3. The summed E-state index contributed by atoms with van der Waals surface area (Å²) in [6, 6.07) is 7.01. The zero-order valence-corrected chi connectivity index (χ0v) is 13.8. The van der Waals surface area contributed by atoms with Gasteiger partial charge in [0, 0.05) is 31.1 Å². The fourth-order valence-electron chi connectivity index (χ4n) is 2.54. The lowest BCUT2D eigenvalue weighted by Crippen LogP contribution is -2.45. The molecule has 2 rings (SSSR count). The van der Waals surface area contributed by atoms with Crippen LogP contribution in [0.4, 0.5) is 0 Å². The maximum Gasteiger partial charge on any atom is 0.242 e. The summed E-state index contributed by atoms with van der Waals surface area (Å²) in [5, 5.41) is 3.52. The molecule has 1 N–H and O–H groups in total. The Labute approximate surface area is 136 Å². The molecular weight excluding hydrogens is 302 g/mol. The minimum absolute atomic E-state index is 0.00711. The zero-order chi connectivity index (χ0) is 16.1. The maximum atomic E-state index is 12.3. The second-order valence-corrected chi connectivity index (χ2v) is 6.17. The molecule has 0 aliphatic carbocycles. The number of likely N-dealkylation sites (tertiary alicyclic amines) is 1. The summed E-state index contributed by atoms with van der Waals surface area (Å²) in [7, 11) is 3.91. The Morgan fingerprint density at radius 2 is 2.14 bits per heavy atom. The van der Waals surface area contributed by atoms with Crippen LogP contribution >= 0.6 is 11.6 Å². The molecule has 6 heteroatoms. The van der Waals surface area contributed by atoms with Crippen LogP contribution in [-0.4, -0.2) is 54.8 Å². The molecule has 0 spiro atoms. The Bertz CT molecular complexity index is 548. The van der Waals surface area contributed by atoms with Crippen molar-refractivity contribution in [2.75, 3.05) is 27.2 Å². The van der Waals surface area contributed by atoms with Gasteiger partial charge in [0.25, 0.3) is 0 Å². The summed E-state index contributed by atoms with van der Waals surface area (Å²) in [6.07, 6.45) is 0.979. The van der Waals surface area contributed by atoms with Gasteiger partial charge in [-0.25, -0.2) is 0 Å². The van der Waals surface area contributed by atoms with Gasteiger partial charge in [0.05, 0.1) is 0 Å². The highest BCUT2D eigenvalue weighted by atomic mass is 35.5. The van der Waals surface area contributed by atoms with Crippen LogP contribution in [0.3, 0.4) is 0 Å². The van der Waals surface area contributed by atoms with E-state index in [4.69, 9.17) is 11.6 Å². The van der Waals surface area contributed by atoms with E-state index < -0.39 is 6.04 Å². The van der Waals surface area contributed by atoms with Gasteiger partial charge in [0.2, 0.25) is 11.8 Å². The average Bonchev–Trinajstić information content (AvgIpc) is 2.82. The van der Waals surface area contributed by atoms with E-state index in [0.29, 0.717) is 31.0 Å². The molecule has 0 radical (unpaired) electrons. The number of nitrogens with zero attached hydrogens (tertiary/aromatic N) is 2. The molecule has 120 valence electrons. The summed E-state index contributed by atoms with van der Waals surface area (Å²) in [5.74, 6) is -0.0765. The second-order valence-electron chi connectivity index (χ2n) is 5.76. The highest BCUT2D eigenvalue weighted by Crippen LogP contribution is 2.24. The number of likely N-dealkylation sites (N-methyl/N-ethyl adjacent to an activating group) is 1. The molecule has 1 unspecified atom stereocenters. The summed E-state index contributed by atoms with van der Waals surface area (Å²) < 4.78 is 0. The molecule has 1 saturated heterocycles. The predicted octanol–water partition coefficient (Wildman–Crippen LogP) is 1.51. The lowest BCUT2D eigenvalue weighted by molar-refractivity contribution is -0.135. The van der Waals surface area contributed by atoms with Gasteiger partial charge in [-0.3, -0.25) is 9.59 Å². The summed E-state index contributed by atoms with van der Waals surface area (Å²) in [6.45, 7) is 1.73. The van der Waals surface area contributed by atoms with Crippen molar-refractivity contribution in [1.29, 1.82) is 0 Å². The van der Waals surface area contributed by atoms with Gasteiger partial charge in [0.15, 0.2) is 0 Å². The standard InChI is InChI=1S/C16H22ClN3O2/c1-19(2)10-9-18-16(22)14-7-8-15(21)20(14)11-12-5-3-4-6-13(12)17/h3-6,14H,7-11H2,1-2H3,(H,18,22). The van der Waals surface area contributed by atoms with Gasteiger partial charge in [-0.2, -0.15) is 0 Å². The third-order valence-electron chi connectivity index (χ3n) is 3.79. The third kappa shape index (κ3) is 4.21. The molecule has 1 aliphatic rings. The van der Waals surface area contributed by atoms with Crippen molar-refractivity contribution in [2.45, 2.75) is 25.4 Å². The number of carbonyl (C=O) groups is 2. The van der Waals surface area contributed by atoms with Crippen LogP contribution in [0.25, 0.3) is 0 Å². The van der Waals surface area contributed by atoms with Crippen LogP contribution in [-0.2, 0) is 16.1 Å². The Kier molecular flexibility index (Phi) is 5.80. The molecule has 0 aromatic heterocycles. The Morgan fingerprint density at radius 1 is 1.41 bits per heavy atom. The highest BCUT2D eigenvalue weighted by Gasteiger charge is 2.35. The lowest BCUT2D eigenvalue weighted by atomic mass is 10.1. The molecule has 0 bridgehead atoms. The van der Waals surface area contributed by atoms with E-state index in [9.17, 15) is 9.59 Å². The summed E-state index contributed by atoms with van der Waals surface area (Å²) >= 11 is 6.15. The molecule has 1 fully saturated rings. The molecule has 1 aromatic rings. The summed E-state index contributed by atoms with van der Waals surface area (Å²) in [4.78, 5) is 28.0. The van der Waals surface area contributed by atoms with Gasteiger partial charge in [-0.1, -0.05) is 29.8 Å². The SMILES string of the molecule is CN(C)CCNC(=O)C1CCC(=O)N1Cc1ccccc1Cl. The molecule has 2 amide bonds. The minimum atomic E-state index is -0.397. The number of amides is 2. The Hall–Kier alpha value is -1.59. The lowest BCUT2D eigenvalue weighted by Gasteiger charge is -2.25. The van der Waals surface area contributed by atoms with Crippen molar-refractivity contribution < 1.29 is 9.59 Å². The average molecular weight is 324 g/mol. The van der Waals surface area contributed by atoms with Crippen molar-refractivity contribution in [3.63, 3.8) is 0 Å². The number of halogens is 1. The van der Waals surface area contributed by atoms with E-state index >= 15 is 0 Å². The van der Waals surface area contributed by atoms with E-state index in [0.717, 1.165) is 12.1 Å². The van der Waals surface area contributed by atoms with Gasteiger partial charge >= 0.3 is 0 Å². The fourth-order valence-corrected chi connectivity index (χ4v) is 2.73. The molecule has 1 aromatic carbocycles. The molecule has 1 aliphatic heterocycles. The van der Waals surface area contributed by atoms with Crippen LogP contribution in [0.2, 0.25) is 5.02 Å². The van der Waals surface area contributed by atoms with Crippen molar-refractivity contribution in [3.05, 3.63) is 34.9 Å².